The summed E-state index contributed by atoms with van der Waals surface area (Å²) in [6, 6.07) is 12.5. The van der Waals surface area contributed by atoms with E-state index < -0.39 is 19.7 Å². The first kappa shape index (κ1) is 38.2. The van der Waals surface area contributed by atoms with E-state index in [9.17, 15) is 8.96 Å². The molecule has 246 valence electrons. The molecule has 0 fully saturated rings. The molecular weight excluding hydrogens is 604 g/mol. The van der Waals surface area contributed by atoms with Gasteiger partial charge in [-0.05, 0) is 42.3 Å². The summed E-state index contributed by atoms with van der Waals surface area (Å²) in [5.74, 6) is -0.365. The van der Waals surface area contributed by atoms with Gasteiger partial charge < -0.3 is 14.0 Å². The Morgan fingerprint density at radius 3 is 2.09 bits per heavy atom. The largest absolute Gasteiger partial charge is 0.529 e. The molecule has 0 bridgehead atoms. The number of para-hydroxylation sites is 1. The van der Waals surface area contributed by atoms with E-state index in [1.807, 2.05) is 6.07 Å². The SMILES string of the molecule is CCCCCCCCCCCCCCCCOC[C@@H](COP(=O)(OC)Oc1ccccc1Cl)OCc1cc(F)cc(C#N)c1. The van der Waals surface area contributed by atoms with Gasteiger partial charge in [-0.1, -0.05) is 114 Å². The van der Waals surface area contributed by atoms with Crippen LogP contribution >= 0.6 is 19.4 Å². The number of benzene rings is 2. The fourth-order valence-corrected chi connectivity index (χ4v) is 5.91. The molecule has 0 radical (unpaired) electrons. The Kier molecular flexibility index (Phi) is 20.3. The first-order valence-corrected chi connectivity index (χ1v) is 17.9. The van der Waals surface area contributed by atoms with Crippen LogP contribution in [0.15, 0.2) is 42.5 Å². The van der Waals surface area contributed by atoms with Crippen molar-refractivity contribution >= 4 is 19.4 Å². The molecule has 10 heteroatoms. The van der Waals surface area contributed by atoms with Crippen LogP contribution in [-0.4, -0.2) is 33.0 Å². The molecule has 0 spiro atoms. The van der Waals surface area contributed by atoms with Crippen molar-refractivity contribution in [2.75, 3.05) is 26.9 Å². The number of hydrogen-bond acceptors (Lipinski definition) is 7. The number of rotatable bonds is 26. The second-order valence-electron chi connectivity index (χ2n) is 11.0. The number of halogens is 2. The molecule has 1 unspecified atom stereocenters. The van der Waals surface area contributed by atoms with Gasteiger partial charge in [-0.2, -0.15) is 5.26 Å². The van der Waals surface area contributed by atoms with Gasteiger partial charge in [0.15, 0.2) is 0 Å². The second-order valence-corrected chi connectivity index (χ2v) is 13.1. The van der Waals surface area contributed by atoms with E-state index in [4.69, 9.17) is 39.9 Å². The van der Waals surface area contributed by atoms with E-state index in [1.54, 1.807) is 30.3 Å². The minimum absolute atomic E-state index is 0.00530. The standard InChI is InChI=1S/C34H50ClFNO6P/c1-3-4-5-6-7-8-9-10-11-12-13-14-15-18-21-40-27-32(41-26-30-22-29(25-37)23-31(36)24-30)28-42-44(38,39-2)43-34-20-17-16-19-33(34)35/h16-17,19-20,22-24,32H,3-15,18,21,26-28H2,1-2H3/t32-,44?/m0/s1. The Morgan fingerprint density at radius 2 is 1.50 bits per heavy atom. The number of nitrogens with zero attached hydrogens (tertiary/aromatic N) is 1. The lowest BCUT2D eigenvalue weighted by Gasteiger charge is -2.22. The van der Waals surface area contributed by atoms with Crippen LogP contribution in [0.25, 0.3) is 0 Å². The highest BCUT2D eigenvalue weighted by molar-refractivity contribution is 7.48. The number of phosphoric acid groups is 1. The number of nitriles is 1. The van der Waals surface area contributed by atoms with Crippen molar-refractivity contribution in [1.29, 1.82) is 5.26 Å². The maximum atomic E-state index is 13.9. The summed E-state index contributed by atoms with van der Waals surface area (Å²) in [6.07, 6.45) is 17.3. The topological polar surface area (TPSA) is 87.0 Å². The van der Waals surface area contributed by atoms with E-state index in [1.165, 1.54) is 90.2 Å². The molecule has 2 atom stereocenters. The summed E-state index contributed by atoms with van der Waals surface area (Å²) in [7, 11) is -2.80. The van der Waals surface area contributed by atoms with Gasteiger partial charge in [-0.3, -0.25) is 9.05 Å². The maximum Gasteiger partial charge on any atom is 0.529 e. The minimum atomic E-state index is -4.02. The molecule has 0 heterocycles. The number of hydrogen-bond donors (Lipinski definition) is 0. The Hall–Kier alpha value is -1.98. The summed E-state index contributed by atoms with van der Waals surface area (Å²) in [5.41, 5.74) is 0.684. The number of phosphoric ester groups is 1. The van der Waals surface area contributed by atoms with Gasteiger partial charge in [0.1, 0.15) is 17.7 Å². The van der Waals surface area contributed by atoms with Gasteiger partial charge >= 0.3 is 7.82 Å². The van der Waals surface area contributed by atoms with E-state index in [-0.39, 0.29) is 36.2 Å². The third kappa shape index (κ3) is 16.9. The predicted octanol–water partition coefficient (Wildman–Crippen LogP) is 10.6. The fraction of sp³-hybridized carbons (Fsp3) is 0.618. The molecule has 0 aromatic heterocycles. The summed E-state index contributed by atoms with van der Waals surface area (Å²) in [5, 5.41) is 9.41. The third-order valence-electron chi connectivity index (χ3n) is 7.21. The zero-order chi connectivity index (χ0) is 31.9. The summed E-state index contributed by atoms with van der Waals surface area (Å²) in [6.45, 7) is 2.80. The molecule has 0 N–H and O–H groups in total. The second kappa shape index (κ2) is 23.4. The van der Waals surface area contributed by atoms with Gasteiger partial charge in [0, 0.05) is 13.7 Å². The molecule has 0 amide bonds. The van der Waals surface area contributed by atoms with Crippen LogP contribution < -0.4 is 4.52 Å². The quantitative estimate of drug-likeness (QED) is 0.0737. The average molecular weight is 654 g/mol. The van der Waals surface area contributed by atoms with Crippen molar-refractivity contribution < 1.29 is 32.0 Å². The van der Waals surface area contributed by atoms with Crippen LogP contribution in [0.5, 0.6) is 5.75 Å². The van der Waals surface area contributed by atoms with Crippen LogP contribution in [0.3, 0.4) is 0 Å². The van der Waals surface area contributed by atoms with Crippen molar-refractivity contribution in [1.82, 2.24) is 0 Å². The smallest absolute Gasteiger partial charge is 0.402 e. The minimum Gasteiger partial charge on any atom is -0.402 e. The maximum absolute atomic E-state index is 13.9. The zero-order valence-corrected chi connectivity index (χ0v) is 28.1. The highest BCUT2D eigenvalue weighted by Crippen LogP contribution is 2.50. The van der Waals surface area contributed by atoms with Gasteiger partial charge in [-0.15, -0.1) is 0 Å². The molecule has 0 aliphatic heterocycles. The molecule has 0 saturated heterocycles. The van der Waals surface area contributed by atoms with Crippen molar-refractivity contribution in [2.45, 2.75) is 110 Å². The first-order valence-electron chi connectivity index (χ1n) is 16.0. The Labute approximate surface area is 268 Å². The molecule has 2 aromatic rings. The molecular formula is C34H50ClFNO6P. The van der Waals surface area contributed by atoms with Gasteiger partial charge in [0.05, 0.1) is 36.5 Å². The van der Waals surface area contributed by atoms with Crippen molar-refractivity contribution in [3.05, 3.63) is 64.4 Å². The third-order valence-corrected chi connectivity index (χ3v) is 8.85. The first-order chi connectivity index (χ1) is 21.4. The van der Waals surface area contributed by atoms with Crippen molar-refractivity contribution in [3.63, 3.8) is 0 Å². The summed E-state index contributed by atoms with van der Waals surface area (Å²) in [4.78, 5) is 0. The number of ether oxygens (including phenoxy) is 2. The monoisotopic (exact) mass is 653 g/mol. The van der Waals surface area contributed by atoms with Crippen molar-refractivity contribution in [2.24, 2.45) is 0 Å². The summed E-state index contributed by atoms with van der Waals surface area (Å²) >= 11 is 6.13. The van der Waals surface area contributed by atoms with E-state index in [0.29, 0.717) is 12.2 Å². The molecule has 0 saturated carbocycles. The highest BCUT2D eigenvalue weighted by Gasteiger charge is 2.30. The van der Waals surface area contributed by atoms with Crippen LogP contribution in [0.4, 0.5) is 4.39 Å². The van der Waals surface area contributed by atoms with Gasteiger partial charge in [0.2, 0.25) is 0 Å². The lowest BCUT2D eigenvalue weighted by atomic mass is 10.0. The zero-order valence-electron chi connectivity index (χ0n) is 26.4. The van der Waals surface area contributed by atoms with Crippen LogP contribution in [0, 0.1) is 17.1 Å². The normalized spacial score (nSPS) is 13.3. The van der Waals surface area contributed by atoms with Crippen LogP contribution in [-0.2, 0) is 29.7 Å². The average Bonchev–Trinajstić information content (AvgIpc) is 3.02. The van der Waals surface area contributed by atoms with E-state index in [2.05, 4.69) is 6.92 Å². The molecule has 2 aromatic carbocycles. The molecule has 0 aliphatic carbocycles. The van der Waals surface area contributed by atoms with Crippen molar-refractivity contribution in [3.8, 4) is 11.8 Å². The Morgan fingerprint density at radius 1 is 0.886 bits per heavy atom. The molecule has 2 rings (SSSR count). The van der Waals surface area contributed by atoms with Crippen LogP contribution in [0.2, 0.25) is 5.02 Å². The Bertz CT molecular complexity index is 1150. The highest BCUT2D eigenvalue weighted by atomic mass is 35.5. The fourth-order valence-electron chi connectivity index (χ4n) is 4.70. The van der Waals surface area contributed by atoms with E-state index >= 15 is 0 Å². The Balaban J connectivity index is 1.74. The summed E-state index contributed by atoms with van der Waals surface area (Å²) < 4.78 is 54.9. The number of unbranched alkanes of at least 4 members (excludes halogenated alkanes) is 13. The molecule has 0 aliphatic rings. The van der Waals surface area contributed by atoms with Crippen LogP contribution in [0.1, 0.15) is 108 Å². The van der Waals surface area contributed by atoms with E-state index in [0.717, 1.165) is 18.9 Å². The van der Waals surface area contributed by atoms with Gasteiger partial charge in [-0.25, -0.2) is 8.96 Å². The molecule has 44 heavy (non-hydrogen) atoms. The predicted molar refractivity (Wildman–Crippen MR) is 173 cm³/mol. The lowest BCUT2D eigenvalue weighted by molar-refractivity contribution is -0.0496. The lowest BCUT2D eigenvalue weighted by Crippen LogP contribution is -2.26. The van der Waals surface area contributed by atoms with Gasteiger partial charge in [0.25, 0.3) is 0 Å². The molecule has 7 nitrogen and oxygen atoms in total.